The van der Waals surface area contributed by atoms with Gasteiger partial charge in [-0.05, 0) is 52.3 Å². The molecule has 2 rings (SSSR count). The largest absolute Gasteiger partial charge is 0.478 e. The van der Waals surface area contributed by atoms with Crippen molar-refractivity contribution in [3.8, 4) is 0 Å². The van der Waals surface area contributed by atoms with Crippen LogP contribution in [0.25, 0.3) is 0 Å². The number of hydrogen-bond acceptors (Lipinski definition) is 5. The molecule has 0 aromatic heterocycles. The van der Waals surface area contributed by atoms with Crippen LogP contribution >= 0.6 is 28.6 Å². The lowest BCUT2D eigenvalue weighted by molar-refractivity contribution is 0.0674. The number of carbonyl (C=O) groups is 4. The Morgan fingerprint density at radius 1 is 0.692 bits per heavy atom. The number of thiol groups is 1. The predicted octanol–water partition coefficient (Wildman–Crippen LogP) is 3.22. The Morgan fingerprint density at radius 2 is 1.12 bits per heavy atom. The summed E-state index contributed by atoms with van der Waals surface area (Å²) in [6.45, 7) is 0. The van der Waals surface area contributed by atoms with Gasteiger partial charge in [-0.3, -0.25) is 0 Å². The molecule has 0 fully saturated rings. The van der Waals surface area contributed by atoms with Gasteiger partial charge in [0, 0.05) is 9.37 Å². The molecule has 0 saturated heterocycles. The molecule has 10 heteroatoms. The van der Waals surface area contributed by atoms with Gasteiger partial charge in [0.25, 0.3) is 0 Å². The molecule has 0 amide bonds. The van der Waals surface area contributed by atoms with Crippen LogP contribution < -0.4 is 0 Å². The van der Waals surface area contributed by atoms with Crippen LogP contribution in [0.4, 0.5) is 0 Å². The van der Waals surface area contributed by atoms with Gasteiger partial charge < -0.3 is 20.4 Å². The van der Waals surface area contributed by atoms with E-state index in [9.17, 15) is 19.2 Å². The van der Waals surface area contributed by atoms with E-state index < -0.39 is 23.9 Å². The minimum absolute atomic E-state index is 0.0411. The summed E-state index contributed by atoms with van der Waals surface area (Å²) in [5.74, 6) is -4.64. The first-order valence-electron chi connectivity index (χ1n) is 6.60. The first kappa shape index (κ1) is 21.2. The first-order valence-corrected chi connectivity index (χ1v) is 7.84. The highest BCUT2D eigenvalue weighted by Gasteiger charge is 2.12. The fourth-order valence-corrected chi connectivity index (χ4v) is 2.31. The average molecular weight is 443 g/mol. The molecule has 8 nitrogen and oxygen atoms in total. The molecule has 0 unspecified atom stereocenters. The van der Waals surface area contributed by atoms with E-state index in [4.69, 9.17) is 20.4 Å². The van der Waals surface area contributed by atoms with Crippen LogP contribution in [0.5, 0.6) is 0 Å². The van der Waals surface area contributed by atoms with Gasteiger partial charge in [0.15, 0.2) is 0 Å². The minimum Gasteiger partial charge on any atom is -0.478 e. The van der Waals surface area contributed by atoms with Gasteiger partial charge in [-0.1, -0.05) is 0 Å². The summed E-state index contributed by atoms with van der Waals surface area (Å²) in [6.07, 6.45) is 0. The minimum atomic E-state index is -1.19. The molecule has 0 spiro atoms. The number of aromatic carboxylic acids is 4. The van der Waals surface area contributed by atoms with Crippen molar-refractivity contribution in [2.75, 3.05) is 0 Å². The number of benzene rings is 2. The van der Waals surface area contributed by atoms with E-state index in [1.54, 1.807) is 0 Å². The third kappa shape index (κ3) is 5.60. The highest BCUT2D eigenvalue weighted by Crippen LogP contribution is 2.18. The van der Waals surface area contributed by atoms with Gasteiger partial charge in [0.2, 0.25) is 0 Å². The number of rotatable bonds is 4. The van der Waals surface area contributed by atoms with Crippen LogP contribution in [0.15, 0.2) is 45.8 Å². The Kier molecular flexibility index (Phi) is 7.35. The second kappa shape index (κ2) is 9.02. The number of hydrogen-bond donors (Lipinski definition) is 5. The summed E-state index contributed by atoms with van der Waals surface area (Å²) in [6, 6.07) is 7.56. The average Bonchev–Trinajstić information content (AvgIpc) is 2.55. The molecular weight excluding hydrogens is 432 g/mol. The molecule has 0 aliphatic carbocycles. The molecule has 0 aliphatic rings. The van der Waals surface area contributed by atoms with Gasteiger partial charge in [0.05, 0.1) is 22.3 Å². The van der Waals surface area contributed by atoms with Crippen molar-refractivity contribution in [2.45, 2.75) is 4.90 Å². The van der Waals surface area contributed by atoms with Crippen molar-refractivity contribution < 1.29 is 39.6 Å². The van der Waals surface area contributed by atoms with Crippen molar-refractivity contribution in [1.29, 1.82) is 0 Å². The van der Waals surface area contributed by atoms with E-state index in [0.717, 1.165) is 12.1 Å². The van der Waals surface area contributed by atoms with E-state index in [1.807, 2.05) is 0 Å². The van der Waals surface area contributed by atoms with Gasteiger partial charge in [0.1, 0.15) is 0 Å². The lowest BCUT2D eigenvalue weighted by atomic mass is 10.1. The van der Waals surface area contributed by atoms with Crippen molar-refractivity contribution in [3.05, 3.63) is 63.1 Å². The maximum absolute atomic E-state index is 10.6. The van der Waals surface area contributed by atoms with Crippen LogP contribution in [-0.2, 0) is 0 Å². The van der Waals surface area contributed by atoms with E-state index in [2.05, 4.69) is 28.6 Å². The molecule has 136 valence electrons. The zero-order chi connectivity index (χ0) is 20.0. The third-order valence-electron chi connectivity index (χ3n) is 2.92. The second-order valence-corrected chi connectivity index (χ2v) is 5.98. The van der Waals surface area contributed by atoms with Gasteiger partial charge in [-0.25, -0.2) is 19.2 Å². The number of halogens is 1. The summed E-state index contributed by atoms with van der Waals surface area (Å²) in [7, 11) is 0. The smallest absolute Gasteiger partial charge is 0.336 e. The Hall–Kier alpha value is -2.85. The molecule has 26 heavy (non-hydrogen) atoms. The van der Waals surface area contributed by atoms with E-state index in [-0.39, 0.29) is 27.1 Å². The van der Waals surface area contributed by atoms with Gasteiger partial charge in [-0.2, -0.15) is 0 Å². The highest BCUT2D eigenvalue weighted by molar-refractivity contribution is 9.10. The van der Waals surface area contributed by atoms with Crippen LogP contribution in [0.1, 0.15) is 41.4 Å². The Bertz CT molecular complexity index is 820. The van der Waals surface area contributed by atoms with Crippen molar-refractivity contribution >= 4 is 52.4 Å². The van der Waals surface area contributed by atoms with Crippen LogP contribution in [0, 0.1) is 0 Å². The van der Waals surface area contributed by atoms with E-state index in [0.29, 0.717) is 4.47 Å². The topological polar surface area (TPSA) is 149 Å². The Labute approximate surface area is 160 Å². The Morgan fingerprint density at radius 3 is 1.54 bits per heavy atom. The summed E-state index contributed by atoms with van der Waals surface area (Å²) in [5, 5.41) is 34.4. The Balaban J connectivity index is 0.000000260. The SMILES string of the molecule is O=C(O)c1ccc(Br)c(C(=O)O)c1.O=C(O)c1ccc(S)c(C(=O)O)c1. The molecule has 2 aromatic rings. The lowest BCUT2D eigenvalue weighted by Gasteiger charge is -2.00. The van der Waals surface area contributed by atoms with E-state index in [1.165, 1.54) is 24.3 Å². The maximum Gasteiger partial charge on any atom is 0.336 e. The fourth-order valence-electron chi connectivity index (χ4n) is 1.66. The van der Waals surface area contributed by atoms with Gasteiger partial charge in [-0.15, -0.1) is 12.6 Å². The van der Waals surface area contributed by atoms with Crippen molar-refractivity contribution in [1.82, 2.24) is 0 Å². The summed E-state index contributed by atoms with van der Waals surface area (Å²) in [4.78, 5) is 42.3. The number of carboxylic acids is 4. The highest BCUT2D eigenvalue weighted by atomic mass is 79.9. The summed E-state index contributed by atoms with van der Waals surface area (Å²) in [5.41, 5.74) is -0.265. The molecule has 4 N–H and O–H groups in total. The molecule has 0 aliphatic heterocycles. The first-order chi connectivity index (χ1) is 12.0. The standard InChI is InChI=1S/C8H5BrO4.C8H6O4S/c9-6-2-1-4(7(10)11)3-5(6)8(12)13;9-7(10)4-1-2-6(13)5(3-4)8(11)12/h1-3H,(H,10,11)(H,12,13);1-3,13H,(H,9,10)(H,11,12). The molecule has 2 aromatic carbocycles. The molecule has 0 radical (unpaired) electrons. The summed E-state index contributed by atoms with van der Waals surface area (Å²) >= 11 is 6.89. The normalized spacial score (nSPS) is 9.62. The molecule has 0 bridgehead atoms. The van der Waals surface area contributed by atoms with Crippen LogP contribution in [-0.4, -0.2) is 44.3 Å². The zero-order valence-electron chi connectivity index (χ0n) is 12.7. The molecule has 0 heterocycles. The maximum atomic E-state index is 10.6. The zero-order valence-corrected chi connectivity index (χ0v) is 15.2. The number of carboxylic acid groups (broad SMARTS) is 4. The predicted molar refractivity (Wildman–Crippen MR) is 95.7 cm³/mol. The van der Waals surface area contributed by atoms with Crippen LogP contribution in [0.3, 0.4) is 0 Å². The van der Waals surface area contributed by atoms with Crippen LogP contribution in [0.2, 0.25) is 0 Å². The quantitative estimate of drug-likeness (QED) is 0.453. The fraction of sp³-hybridized carbons (Fsp3) is 0. The summed E-state index contributed by atoms with van der Waals surface area (Å²) < 4.78 is 0.366. The van der Waals surface area contributed by atoms with Crippen molar-refractivity contribution in [2.24, 2.45) is 0 Å². The molecular formula is C16H11BrO8S. The van der Waals surface area contributed by atoms with Crippen molar-refractivity contribution in [3.63, 3.8) is 0 Å². The lowest BCUT2D eigenvalue weighted by Crippen LogP contribution is -2.02. The van der Waals surface area contributed by atoms with E-state index >= 15 is 0 Å². The molecule has 0 saturated carbocycles. The molecule has 0 atom stereocenters. The second-order valence-electron chi connectivity index (χ2n) is 4.65. The third-order valence-corrected chi connectivity index (χ3v) is 4.00. The van der Waals surface area contributed by atoms with Gasteiger partial charge >= 0.3 is 23.9 Å². The monoisotopic (exact) mass is 442 g/mol.